The molecule has 31 heavy (non-hydrogen) atoms. The number of hydrogen-bond donors (Lipinski definition) is 1. The number of methoxy groups -OCH3 is 1. The Hall–Kier alpha value is -2.69. The van der Waals surface area contributed by atoms with Crippen LogP contribution in [0.2, 0.25) is 0 Å². The number of nitrogens with zero attached hydrogens (tertiary/aromatic N) is 1. The molecular formula is C27H31NO3. The Kier molecular flexibility index (Phi) is 7.00. The van der Waals surface area contributed by atoms with E-state index in [0.29, 0.717) is 19.4 Å². The number of allylic oxidation sites excluding steroid dienone is 2. The number of rotatable bonds is 7. The molecule has 1 saturated heterocycles. The van der Waals surface area contributed by atoms with Crippen LogP contribution in [-0.2, 0) is 22.4 Å². The molecule has 4 heteroatoms. The van der Waals surface area contributed by atoms with E-state index in [9.17, 15) is 9.90 Å². The molecule has 1 aliphatic carbocycles. The van der Waals surface area contributed by atoms with Gasteiger partial charge in [-0.1, -0.05) is 84.5 Å². The molecule has 4 atom stereocenters. The first-order valence-electron chi connectivity index (χ1n) is 11.1. The monoisotopic (exact) mass is 417 g/mol. The highest BCUT2D eigenvalue weighted by Gasteiger charge is 2.46. The number of carbonyl (C=O) groups excluding carboxylic acids is 1. The number of fused-ring (bicyclic) bond motifs is 1. The molecule has 0 spiro atoms. The van der Waals surface area contributed by atoms with Gasteiger partial charge in [0.25, 0.3) is 0 Å². The van der Waals surface area contributed by atoms with Gasteiger partial charge in [0, 0.05) is 18.5 Å². The fraction of sp³-hybridized carbons (Fsp3) is 0.370. The van der Waals surface area contributed by atoms with E-state index >= 15 is 0 Å². The number of esters is 1. The lowest BCUT2D eigenvalue weighted by atomic mass is 9.88. The molecule has 4 rings (SSSR count). The van der Waals surface area contributed by atoms with E-state index in [1.54, 1.807) is 0 Å². The molecule has 0 amide bonds. The minimum Gasteiger partial charge on any atom is -0.468 e. The number of benzene rings is 2. The van der Waals surface area contributed by atoms with Crippen molar-refractivity contribution in [2.45, 2.75) is 43.9 Å². The van der Waals surface area contributed by atoms with Crippen LogP contribution in [-0.4, -0.2) is 47.8 Å². The highest BCUT2D eigenvalue weighted by Crippen LogP contribution is 2.37. The van der Waals surface area contributed by atoms with E-state index in [0.717, 1.165) is 24.0 Å². The van der Waals surface area contributed by atoms with Crippen molar-refractivity contribution in [3.8, 4) is 0 Å². The van der Waals surface area contributed by atoms with Gasteiger partial charge in [0.15, 0.2) is 0 Å². The van der Waals surface area contributed by atoms with E-state index in [1.807, 2.05) is 60.7 Å². The standard InChI is InChI=1S/C27H31NO3/c1-31-27(30)24(17-20-11-5-2-6-12-20)28-19-22-15-9-4-10-16-23(22)26(28)25(29)18-21-13-7-3-8-14-21/h2-3,5-8,10-16,23-26,29H,4,9,17-19H2,1H3/t23-,24-,25+,26-/m0/s1. The van der Waals surface area contributed by atoms with Crippen LogP contribution in [0.3, 0.4) is 0 Å². The Balaban J connectivity index is 1.67. The first-order valence-corrected chi connectivity index (χ1v) is 11.1. The molecular weight excluding hydrogens is 386 g/mol. The molecule has 2 aromatic rings. The molecule has 1 N–H and O–H groups in total. The summed E-state index contributed by atoms with van der Waals surface area (Å²) in [5, 5.41) is 11.4. The predicted octanol–water partition coefficient (Wildman–Crippen LogP) is 3.95. The normalized spacial score (nSPS) is 22.8. The van der Waals surface area contributed by atoms with Crippen molar-refractivity contribution in [3.05, 3.63) is 95.6 Å². The molecule has 1 heterocycles. The van der Waals surface area contributed by atoms with Crippen molar-refractivity contribution < 1.29 is 14.6 Å². The first kappa shape index (κ1) is 21.5. The summed E-state index contributed by atoms with van der Waals surface area (Å²) in [5.74, 6) is -0.133. The highest BCUT2D eigenvalue weighted by molar-refractivity contribution is 5.76. The van der Waals surface area contributed by atoms with E-state index in [-0.39, 0.29) is 17.9 Å². The van der Waals surface area contributed by atoms with Crippen LogP contribution < -0.4 is 0 Å². The maximum absolute atomic E-state index is 12.9. The Morgan fingerprint density at radius 3 is 2.32 bits per heavy atom. The smallest absolute Gasteiger partial charge is 0.323 e. The van der Waals surface area contributed by atoms with E-state index in [4.69, 9.17) is 4.74 Å². The van der Waals surface area contributed by atoms with Gasteiger partial charge in [-0.2, -0.15) is 0 Å². The summed E-state index contributed by atoms with van der Waals surface area (Å²) in [6.45, 7) is 0.679. The molecule has 0 unspecified atom stereocenters. The highest BCUT2D eigenvalue weighted by atomic mass is 16.5. The van der Waals surface area contributed by atoms with E-state index in [1.165, 1.54) is 12.7 Å². The minimum absolute atomic E-state index is 0.115. The lowest BCUT2D eigenvalue weighted by Crippen LogP contribution is -2.52. The van der Waals surface area contributed by atoms with Gasteiger partial charge in [-0.3, -0.25) is 9.69 Å². The summed E-state index contributed by atoms with van der Waals surface area (Å²) >= 11 is 0. The van der Waals surface area contributed by atoms with Gasteiger partial charge in [0.2, 0.25) is 0 Å². The summed E-state index contributed by atoms with van der Waals surface area (Å²) in [6, 6.07) is 19.5. The van der Waals surface area contributed by atoms with Crippen LogP contribution in [0.4, 0.5) is 0 Å². The Bertz CT molecular complexity index is 922. The summed E-state index contributed by atoms with van der Waals surface area (Å²) in [4.78, 5) is 15.1. The average Bonchev–Trinajstić information content (AvgIpc) is 3.00. The second-order valence-corrected chi connectivity index (χ2v) is 8.46. The summed E-state index contributed by atoms with van der Waals surface area (Å²) in [5.41, 5.74) is 3.49. The van der Waals surface area contributed by atoms with Crippen molar-refractivity contribution in [1.29, 1.82) is 0 Å². The third-order valence-electron chi connectivity index (χ3n) is 6.45. The number of aliphatic hydroxyl groups excluding tert-OH is 1. The van der Waals surface area contributed by atoms with Crippen LogP contribution in [0.15, 0.2) is 84.5 Å². The largest absolute Gasteiger partial charge is 0.468 e. The van der Waals surface area contributed by atoms with Crippen molar-refractivity contribution in [1.82, 2.24) is 4.90 Å². The van der Waals surface area contributed by atoms with Crippen LogP contribution in [0.5, 0.6) is 0 Å². The van der Waals surface area contributed by atoms with Gasteiger partial charge in [0.1, 0.15) is 6.04 Å². The molecule has 0 aromatic heterocycles. The SMILES string of the molecule is COC(=O)[C@H](Cc1ccccc1)N1CC2=CCCC=C[C@@H]2[C@H]1[C@H](O)Cc1ccccc1. The number of carbonyl (C=O) groups is 1. The topological polar surface area (TPSA) is 49.8 Å². The molecule has 1 fully saturated rings. The van der Waals surface area contributed by atoms with Gasteiger partial charge in [0.05, 0.1) is 13.2 Å². The fourth-order valence-corrected chi connectivity index (χ4v) is 4.96. The van der Waals surface area contributed by atoms with E-state index in [2.05, 4.69) is 23.1 Å². The summed E-state index contributed by atoms with van der Waals surface area (Å²) < 4.78 is 5.22. The maximum atomic E-state index is 12.9. The van der Waals surface area contributed by atoms with Crippen molar-refractivity contribution in [3.63, 3.8) is 0 Å². The maximum Gasteiger partial charge on any atom is 0.323 e. The zero-order valence-electron chi connectivity index (χ0n) is 18.1. The zero-order chi connectivity index (χ0) is 21.6. The number of hydrogen-bond acceptors (Lipinski definition) is 4. The van der Waals surface area contributed by atoms with Crippen LogP contribution in [0.25, 0.3) is 0 Å². The zero-order valence-corrected chi connectivity index (χ0v) is 18.1. The average molecular weight is 418 g/mol. The minimum atomic E-state index is -0.594. The quantitative estimate of drug-likeness (QED) is 0.547. The van der Waals surface area contributed by atoms with Gasteiger partial charge < -0.3 is 9.84 Å². The van der Waals surface area contributed by atoms with Crippen LogP contribution in [0, 0.1) is 5.92 Å². The molecule has 162 valence electrons. The Morgan fingerprint density at radius 2 is 1.68 bits per heavy atom. The third-order valence-corrected chi connectivity index (χ3v) is 6.45. The van der Waals surface area contributed by atoms with Crippen LogP contribution >= 0.6 is 0 Å². The van der Waals surface area contributed by atoms with Crippen LogP contribution in [0.1, 0.15) is 24.0 Å². The molecule has 0 radical (unpaired) electrons. The van der Waals surface area contributed by atoms with Gasteiger partial charge in [-0.15, -0.1) is 0 Å². The molecule has 4 nitrogen and oxygen atoms in total. The van der Waals surface area contributed by atoms with Gasteiger partial charge in [-0.05, 0) is 36.8 Å². The molecule has 0 bridgehead atoms. The van der Waals surface area contributed by atoms with Crippen molar-refractivity contribution >= 4 is 5.97 Å². The second kappa shape index (κ2) is 10.1. The summed E-state index contributed by atoms with van der Waals surface area (Å²) in [7, 11) is 1.45. The van der Waals surface area contributed by atoms with Gasteiger partial charge >= 0.3 is 5.97 Å². The van der Waals surface area contributed by atoms with Crippen molar-refractivity contribution in [2.24, 2.45) is 5.92 Å². The predicted molar refractivity (Wildman–Crippen MR) is 123 cm³/mol. The molecule has 2 aromatic carbocycles. The number of aliphatic hydroxyl groups is 1. The van der Waals surface area contributed by atoms with Crippen molar-refractivity contribution in [2.75, 3.05) is 13.7 Å². The third kappa shape index (κ3) is 4.97. The number of likely N-dealkylation sites (tertiary alicyclic amines) is 1. The Morgan fingerprint density at radius 1 is 1.03 bits per heavy atom. The lowest BCUT2D eigenvalue weighted by Gasteiger charge is -2.35. The summed E-state index contributed by atoms with van der Waals surface area (Å²) in [6.07, 6.45) is 9.28. The lowest BCUT2D eigenvalue weighted by molar-refractivity contribution is -0.148. The Labute approximate surface area is 184 Å². The second-order valence-electron chi connectivity index (χ2n) is 8.46. The first-order chi connectivity index (χ1) is 15.2. The van der Waals surface area contributed by atoms with E-state index < -0.39 is 12.1 Å². The molecule has 2 aliphatic rings. The molecule has 0 saturated carbocycles. The number of ether oxygens (including phenoxy) is 1. The van der Waals surface area contributed by atoms with Gasteiger partial charge in [-0.25, -0.2) is 0 Å². The fourth-order valence-electron chi connectivity index (χ4n) is 4.96. The molecule has 1 aliphatic heterocycles.